The minimum Gasteiger partial charge on any atom is -0.200 e. The first-order chi connectivity index (χ1) is 8.99. The van der Waals surface area contributed by atoms with Gasteiger partial charge in [-0.3, -0.25) is 0 Å². The molecular weight excluding hydrogens is 280 g/mol. The van der Waals surface area contributed by atoms with Crippen molar-refractivity contribution in [3.05, 3.63) is 51.7 Å². The molecule has 0 radical (unpaired) electrons. The van der Waals surface area contributed by atoms with Crippen molar-refractivity contribution >= 4 is 27.6 Å². The minimum absolute atomic E-state index is 0.259. The Bertz CT molecular complexity index is 689. The fourth-order valence-corrected chi connectivity index (χ4v) is 3.30. The first-order valence-electron chi connectivity index (χ1n) is 5.63. The predicted molar refractivity (Wildman–Crippen MR) is 78.2 cm³/mol. The Morgan fingerprint density at radius 1 is 1.26 bits per heavy atom. The Labute approximate surface area is 116 Å². The van der Waals surface area contributed by atoms with Gasteiger partial charge in [0.25, 0.3) is 10.0 Å². The molecule has 0 spiro atoms. The van der Waals surface area contributed by atoms with Crippen LogP contribution in [-0.4, -0.2) is 14.6 Å². The number of hydrazone groups is 1. The molecule has 0 fully saturated rings. The van der Waals surface area contributed by atoms with E-state index in [4.69, 9.17) is 0 Å². The van der Waals surface area contributed by atoms with Crippen LogP contribution in [0.15, 0.2) is 45.0 Å². The van der Waals surface area contributed by atoms with E-state index in [2.05, 4.69) is 9.93 Å². The third kappa shape index (κ3) is 3.42. The average Bonchev–Trinajstić information content (AvgIpc) is 2.85. The van der Waals surface area contributed by atoms with Gasteiger partial charge in [-0.2, -0.15) is 24.9 Å². The molecule has 2 aromatic rings. The third-order valence-electron chi connectivity index (χ3n) is 2.56. The van der Waals surface area contributed by atoms with Crippen molar-refractivity contribution in [2.24, 2.45) is 5.10 Å². The van der Waals surface area contributed by atoms with Crippen LogP contribution in [0.25, 0.3) is 0 Å². The summed E-state index contributed by atoms with van der Waals surface area (Å²) in [5.74, 6) is 0. The zero-order chi connectivity index (χ0) is 13.9. The van der Waals surface area contributed by atoms with Gasteiger partial charge in [-0.1, -0.05) is 12.1 Å². The number of hydrogen-bond donors (Lipinski definition) is 1. The van der Waals surface area contributed by atoms with Gasteiger partial charge >= 0.3 is 0 Å². The van der Waals surface area contributed by atoms with E-state index in [-0.39, 0.29) is 4.90 Å². The Kier molecular flexibility index (Phi) is 4.01. The van der Waals surface area contributed by atoms with Crippen molar-refractivity contribution in [3.8, 4) is 0 Å². The maximum absolute atomic E-state index is 12.1. The summed E-state index contributed by atoms with van der Waals surface area (Å²) < 4.78 is 24.2. The van der Waals surface area contributed by atoms with Gasteiger partial charge in [0.15, 0.2) is 0 Å². The molecule has 0 amide bonds. The molecule has 1 aromatic carbocycles. The van der Waals surface area contributed by atoms with Crippen LogP contribution in [0.4, 0.5) is 0 Å². The highest BCUT2D eigenvalue weighted by atomic mass is 32.2. The summed E-state index contributed by atoms with van der Waals surface area (Å²) in [5, 5.41) is 7.56. The Balaban J connectivity index is 2.21. The van der Waals surface area contributed by atoms with Gasteiger partial charge in [-0.15, -0.1) is 0 Å². The van der Waals surface area contributed by atoms with E-state index >= 15 is 0 Å². The van der Waals surface area contributed by atoms with E-state index in [0.717, 1.165) is 11.1 Å². The van der Waals surface area contributed by atoms with E-state index in [0.29, 0.717) is 5.56 Å². The molecule has 0 saturated carbocycles. The van der Waals surface area contributed by atoms with Crippen molar-refractivity contribution in [2.45, 2.75) is 18.7 Å². The quantitative estimate of drug-likeness (QED) is 0.696. The fourth-order valence-electron chi connectivity index (χ4n) is 1.56. The van der Waals surface area contributed by atoms with E-state index in [1.807, 2.05) is 29.8 Å². The summed E-state index contributed by atoms with van der Waals surface area (Å²) in [6.07, 6.45) is 1.49. The van der Waals surface area contributed by atoms with Gasteiger partial charge in [0.2, 0.25) is 0 Å². The number of nitrogens with one attached hydrogen (secondary N) is 1. The maximum atomic E-state index is 12.1. The molecule has 100 valence electrons. The second-order valence-electron chi connectivity index (χ2n) is 4.18. The molecule has 2 rings (SSSR count). The molecule has 0 saturated heterocycles. The van der Waals surface area contributed by atoms with Gasteiger partial charge in [-0.05, 0) is 47.9 Å². The fraction of sp³-hybridized carbons (Fsp3) is 0.154. The lowest BCUT2D eigenvalue weighted by atomic mass is 10.2. The molecule has 0 bridgehead atoms. The monoisotopic (exact) mass is 294 g/mol. The van der Waals surface area contributed by atoms with Gasteiger partial charge < -0.3 is 0 Å². The van der Waals surface area contributed by atoms with Gasteiger partial charge in [0.1, 0.15) is 0 Å². The second kappa shape index (κ2) is 5.54. The van der Waals surface area contributed by atoms with Crippen LogP contribution < -0.4 is 4.83 Å². The molecule has 4 nitrogen and oxygen atoms in total. The zero-order valence-corrected chi connectivity index (χ0v) is 12.3. The lowest BCUT2D eigenvalue weighted by molar-refractivity contribution is 0.584. The molecule has 6 heteroatoms. The molecular formula is C13H14N2O2S2. The predicted octanol–water partition coefficient (Wildman–Crippen LogP) is 2.68. The largest absolute Gasteiger partial charge is 0.276 e. The molecule has 19 heavy (non-hydrogen) atoms. The topological polar surface area (TPSA) is 58.5 Å². The van der Waals surface area contributed by atoms with Crippen LogP contribution in [0.5, 0.6) is 0 Å². The van der Waals surface area contributed by atoms with Crippen LogP contribution >= 0.6 is 11.3 Å². The summed E-state index contributed by atoms with van der Waals surface area (Å²) in [5.41, 5.74) is 2.46. The van der Waals surface area contributed by atoms with Crippen LogP contribution in [0.1, 0.15) is 16.7 Å². The van der Waals surface area contributed by atoms with Crippen LogP contribution in [0.3, 0.4) is 0 Å². The van der Waals surface area contributed by atoms with Crippen LogP contribution in [-0.2, 0) is 10.0 Å². The summed E-state index contributed by atoms with van der Waals surface area (Å²) in [7, 11) is -3.61. The van der Waals surface area contributed by atoms with Crippen molar-refractivity contribution in [1.82, 2.24) is 4.83 Å². The summed E-state index contributed by atoms with van der Waals surface area (Å²) in [6, 6.07) is 7.16. The summed E-state index contributed by atoms with van der Waals surface area (Å²) in [4.78, 5) is 2.49. The highest BCUT2D eigenvalue weighted by Crippen LogP contribution is 2.16. The average molecular weight is 294 g/mol. The lowest BCUT2D eigenvalue weighted by Gasteiger charge is -2.07. The highest BCUT2D eigenvalue weighted by molar-refractivity contribution is 7.89. The van der Waals surface area contributed by atoms with Crippen molar-refractivity contribution < 1.29 is 8.42 Å². The zero-order valence-electron chi connectivity index (χ0n) is 10.6. The van der Waals surface area contributed by atoms with Gasteiger partial charge in [0, 0.05) is 5.56 Å². The third-order valence-corrected chi connectivity index (χ3v) is 4.63. The molecule has 0 aliphatic rings. The van der Waals surface area contributed by atoms with Crippen LogP contribution in [0, 0.1) is 13.8 Å². The first-order valence-corrected chi connectivity index (χ1v) is 8.06. The van der Waals surface area contributed by atoms with Crippen LogP contribution in [0.2, 0.25) is 0 Å². The van der Waals surface area contributed by atoms with E-state index in [1.165, 1.54) is 17.6 Å². The Hall–Kier alpha value is -1.66. The maximum Gasteiger partial charge on any atom is 0.276 e. The first kappa shape index (κ1) is 13.8. The van der Waals surface area contributed by atoms with Gasteiger partial charge in [-0.25, -0.2) is 4.83 Å². The minimum atomic E-state index is -3.61. The molecule has 0 aliphatic carbocycles. The normalized spacial score (nSPS) is 11.9. The number of aryl methyl sites for hydroxylation is 2. The van der Waals surface area contributed by atoms with Crippen molar-refractivity contribution in [2.75, 3.05) is 0 Å². The van der Waals surface area contributed by atoms with E-state index < -0.39 is 10.0 Å². The number of rotatable bonds is 4. The van der Waals surface area contributed by atoms with Crippen molar-refractivity contribution in [1.29, 1.82) is 0 Å². The van der Waals surface area contributed by atoms with Gasteiger partial charge in [0.05, 0.1) is 11.1 Å². The molecule has 0 unspecified atom stereocenters. The number of thiophene rings is 1. The number of nitrogens with zero attached hydrogens (tertiary/aromatic N) is 1. The molecule has 1 aromatic heterocycles. The summed E-state index contributed by atoms with van der Waals surface area (Å²) in [6.45, 7) is 3.61. The summed E-state index contributed by atoms with van der Waals surface area (Å²) >= 11 is 1.53. The number of hydrogen-bond acceptors (Lipinski definition) is 4. The number of benzene rings is 1. The van der Waals surface area contributed by atoms with E-state index in [1.54, 1.807) is 19.1 Å². The van der Waals surface area contributed by atoms with Crippen molar-refractivity contribution in [3.63, 3.8) is 0 Å². The molecule has 0 aliphatic heterocycles. The Morgan fingerprint density at radius 2 is 2.05 bits per heavy atom. The Morgan fingerprint density at radius 3 is 2.74 bits per heavy atom. The lowest BCUT2D eigenvalue weighted by Crippen LogP contribution is -2.19. The smallest absolute Gasteiger partial charge is 0.200 e. The molecule has 0 atom stereocenters. The SMILES string of the molecule is Cc1ccc(C)c(S(=O)(=O)N/N=C/c2ccsc2)c1. The molecule has 1 N–H and O–H groups in total. The number of sulfonamides is 1. The van der Waals surface area contributed by atoms with E-state index in [9.17, 15) is 8.42 Å². The standard InChI is InChI=1S/C13H14N2O2S2/c1-10-3-4-11(2)13(7-10)19(16,17)15-14-8-12-5-6-18-9-12/h3-9,15H,1-2H3/b14-8+. The highest BCUT2D eigenvalue weighted by Gasteiger charge is 2.15. The molecule has 1 heterocycles. The second-order valence-corrected chi connectivity index (χ2v) is 6.59.